The number of amides is 2. The Morgan fingerprint density at radius 2 is 2.07 bits per heavy atom. The summed E-state index contributed by atoms with van der Waals surface area (Å²) in [6, 6.07) is 6.76. The highest BCUT2D eigenvalue weighted by atomic mass is 19.2. The summed E-state index contributed by atoms with van der Waals surface area (Å²) in [6.07, 6.45) is -2.41. The average molecular weight is 405 g/mol. The number of nitrogens with two attached hydrogens (primary N) is 1. The van der Waals surface area contributed by atoms with E-state index >= 15 is 0 Å². The largest absolute Gasteiger partial charge is 0.384 e. The summed E-state index contributed by atoms with van der Waals surface area (Å²) in [4.78, 5) is 29.2. The molecule has 3 rings (SSSR count). The normalized spacial score (nSPS) is 17.7. The fourth-order valence-electron chi connectivity index (χ4n) is 2.73. The van der Waals surface area contributed by atoms with Gasteiger partial charge in [0.15, 0.2) is 18.0 Å². The number of rotatable bonds is 5. The lowest BCUT2D eigenvalue weighted by atomic mass is 10.1. The summed E-state index contributed by atoms with van der Waals surface area (Å²) >= 11 is 0. The fraction of sp³-hybridized carbons (Fsp3) is 0.222. The average Bonchev–Trinajstić information content (AvgIpc) is 2.70. The number of nitrogens with zero attached hydrogens (tertiary/aromatic N) is 2. The molecule has 2 aromatic rings. The van der Waals surface area contributed by atoms with Gasteiger partial charge in [0.05, 0.1) is 18.5 Å². The van der Waals surface area contributed by atoms with Crippen LogP contribution in [-0.2, 0) is 14.3 Å². The minimum Gasteiger partial charge on any atom is -0.384 e. The lowest BCUT2D eigenvalue weighted by Crippen LogP contribution is -2.55. The van der Waals surface area contributed by atoms with Gasteiger partial charge in [0.1, 0.15) is 5.84 Å². The number of aliphatic hydroxyl groups is 1. The number of ether oxygens (including phenoxy) is 1. The van der Waals surface area contributed by atoms with Crippen LogP contribution in [-0.4, -0.2) is 53.1 Å². The first-order chi connectivity index (χ1) is 13.8. The molecule has 1 saturated heterocycles. The standard InChI is InChI=1S/C18H17F2N5O4/c19-12-7-11(8-23-15(12)20)25-5-6-29-14(18(25)28)13(26)17(27)24-10-3-1-9(2-4-10)16(21)22/h1-4,7-8,13-14,26H,5-6H2,(H3,21,22)(H,24,27). The van der Waals surface area contributed by atoms with Crippen LogP contribution in [0.4, 0.5) is 20.2 Å². The Hall–Kier alpha value is -3.44. The van der Waals surface area contributed by atoms with Gasteiger partial charge in [-0.1, -0.05) is 0 Å². The van der Waals surface area contributed by atoms with Crippen molar-refractivity contribution in [2.24, 2.45) is 5.73 Å². The van der Waals surface area contributed by atoms with Crippen molar-refractivity contribution in [1.82, 2.24) is 4.98 Å². The number of aliphatic hydroxyl groups excluding tert-OH is 1. The molecule has 152 valence electrons. The van der Waals surface area contributed by atoms with E-state index in [1.807, 2.05) is 0 Å². The smallest absolute Gasteiger partial charge is 0.259 e. The molecule has 9 nitrogen and oxygen atoms in total. The Bertz CT molecular complexity index is 954. The number of hydrogen-bond acceptors (Lipinski definition) is 6. The molecule has 1 aliphatic heterocycles. The molecular formula is C18H17F2N5O4. The summed E-state index contributed by atoms with van der Waals surface area (Å²) in [5.74, 6) is -4.37. The van der Waals surface area contributed by atoms with Crippen molar-refractivity contribution in [2.75, 3.05) is 23.4 Å². The van der Waals surface area contributed by atoms with Crippen LogP contribution in [0, 0.1) is 17.2 Å². The van der Waals surface area contributed by atoms with E-state index < -0.39 is 35.8 Å². The number of benzene rings is 1. The molecule has 2 amide bonds. The molecule has 11 heteroatoms. The van der Waals surface area contributed by atoms with Crippen molar-refractivity contribution in [3.63, 3.8) is 0 Å². The molecule has 5 N–H and O–H groups in total. The highest BCUT2D eigenvalue weighted by molar-refractivity contribution is 6.04. The second-order valence-corrected chi connectivity index (χ2v) is 6.17. The first-order valence-corrected chi connectivity index (χ1v) is 8.45. The van der Waals surface area contributed by atoms with Crippen molar-refractivity contribution < 1.29 is 28.2 Å². The predicted molar refractivity (Wildman–Crippen MR) is 98.3 cm³/mol. The number of hydrogen-bond donors (Lipinski definition) is 4. The van der Waals surface area contributed by atoms with Crippen LogP contribution in [0.1, 0.15) is 5.56 Å². The number of amidine groups is 1. The molecule has 29 heavy (non-hydrogen) atoms. The van der Waals surface area contributed by atoms with Crippen LogP contribution >= 0.6 is 0 Å². The molecule has 2 heterocycles. The van der Waals surface area contributed by atoms with Gasteiger partial charge in [0, 0.05) is 23.9 Å². The van der Waals surface area contributed by atoms with E-state index in [9.17, 15) is 23.5 Å². The molecule has 2 unspecified atom stereocenters. The van der Waals surface area contributed by atoms with Gasteiger partial charge in [-0.25, -0.2) is 9.37 Å². The van der Waals surface area contributed by atoms with E-state index in [1.54, 1.807) is 0 Å². The van der Waals surface area contributed by atoms with Crippen molar-refractivity contribution >= 4 is 29.0 Å². The number of halogens is 2. The maximum absolute atomic E-state index is 13.4. The predicted octanol–water partition coefficient (Wildman–Crippen LogP) is 0.375. The van der Waals surface area contributed by atoms with E-state index in [0.29, 0.717) is 11.3 Å². The van der Waals surface area contributed by atoms with Crippen LogP contribution in [0.25, 0.3) is 0 Å². The SMILES string of the molecule is N=C(N)c1ccc(NC(=O)C(O)C2OCCN(c3cnc(F)c(F)c3)C2=O)cc1. The molecule has 0 spiro atoms. The van der Waals surface area contributed by atoms with Crippen LogP contribution < -0.4 is 16.0 Å². The second kappa shape index (κ2) is 8.29. The van der Waals surface area contributed by atoms with Gasteiger partial charge >= 0.3 is 0 Å². The van der Waals surface area contributed by atoms with E-state index in [2.05, 4.69) is 10.3 Å². The quantitative estimate of drug-likeness (QED) is 0.322. The number of carbonyl (C=O) groups excluding carboxylic acids is 2. The Balaban J connectivity index is 1.71. The third-order valence-electron chi connectivity index (χ3n) is 4.23. The Labute approximate surface area is 163 Å². The van der Waals surface area contributed by atoms with Crippen molar-refractivity contribution in [3.8, 4) is 0 Å². The number of nitrogens with one attached hydrogen (secondary N) is 2. The van der Waals surface area contributed by atoms with E-state index in [0.717, 1.165) is 17.2 Å². The minimum atomic E-state index is -1.85. The van der Waals surface area contributed by atoms with Gasteiger partial charge < -0.3 is 25.8 Å². The molecule has 1 fully saturated rings. The van der Waals surface area contributed by atoms with Crippen LogP contribution in [0.15, 0.2) is 36.5 Å². The molecule has 0 saturated carbocycles. The number of morpholine rings is 1. The molecule has 0 radical (unpaired) electrons. The van der Waals surface area contributed by atoms with Gasteiger partial charge in [0.2, 0.25) is 5.95 Å². The zero-order valence-electron chi connectivity index (χ0n) is 14.9. The Morgan fingerprint density at radius 1 is 1.38 bits per heavy atom. The van der Waals surface area contributed by atoms with E-state index in [-0.39, 0.29) is 24.7 Å². The van der Waals surface area contributed by atoms with Gasteiger partial charge in [-0.05, 0) is 24.3 Å². The summed E-state index contributed by atoms with van der Waals surface area (Å²) in [5, 5.41) is 20.0. The topological polar surface area (TPSA) is 142 Å². The Kier molecular flexibility index (Phi) is 5.80. The van der Waals surface area contributed by atoms with Crippen LogP contribution in [0.2, 0.25) is 0 Å². The molecule has 1 aliphatic rings. The minimum absolute atomic E-state index is 0.0168. The Morgan fingerprint density at radius 3 is 2.69 bits per heavy atom. The maximum Gasteiger partial charge on any atom is 0.259 e. The summed E-state index contributed by atoms with van der Waals surface area (Å²) in [6.45, 7) is -0.0179. The molecule has 0 aliphatic carbocycles. The molecule has 1 aromatic heterocycles. The van der Waals surface area contributed by atoms with Gasteiger partial charge in [-0.3, -0.25) is 15.0 Å². The third kappa shape index (κ3) is 4.36. The number of anilines is 2. The number of nitrogen functional groups attached to an aromatic ring is 1. The summed E-state index contributed by atoms with van der Waals surface area (Å²) in [5.41, 5.74) is 6.09. The number of aromatic nitrogens is 1. The number of carbonyl (C=O) groups is 2. The van der Waals surface area contributed by atoms with Gasteiger partial charge in [-0.15, -0.1) is 0 Å². The molecule has 1 aromatic carbocycles. The first kappa shape index (κ1) is 20.3. The van der Waals surface area contributed by atoms with Gasteiger partial charge in [0.25, 0.3) is 11.8 Å². The number of pyridine rings is 1. The first-order valence-electron chi connectivity index (χ1n) is 8.45. The zero-order chi connectivity index (χ0) is 21.1. The fourth-order valence-corrected chi connectivity index (χ4v) is 2.73. The van der Waals surface area contributed by atoms with Crippen molar-refractivity contribution in [2.45, 2.75) is 12.2 Å². The highest BCUT2D eigenvalue weighted by Crippen LogP contribution is 2.22. The zero-order valence-corrected chi connectivity index (χ0v) is 14.9. The maximum atomic E-state index is 13.4. The van der Waals surface area contributed by atoms with Crippen LogP contribution in [0.3, 0.4) is 0 Å². The highest BCUT2D eigenvalue weighted by Gasteiger charge is 2.39. The summed E-state index contributed by atoms with van der Waals surface area (Å²) < 4.78 is 31.7. The van der Waals surface area contributed by atoms with E-state index in [1.165, 1.54) is 24.3 Å². The third-order valence-corrected chi connectivity index (χ3v) is 4.23. The molecule has 2 atom stereocenters. The van der Waals surface area contributed by atoms with E-state index in [4.69, 9.17) is 15.9 Å². The van der Waals surface area contributed by atoms with Crippen molar-refractivity contribution in [1.29, 1.82) is 5.41 Å². The molecule has 0 bridgehead atoms. The van der Waals surface area contributed by atoms with Crippen LogP contribution in [0.5, 0.6) is 0 Å². The lowest BCUT2D eigenvalue weighted by molar-refractivity contribution is -0.150. The molecular weight excluding hydrogens is 388 g/mol. The second-order valence-electron chi connectivity index (χ2n) is 6.17. The lowest BCUT2D eigenvalue weighted by Gasteiger charge is -2.33. The van der Waals surface area contributed by atoms with Gasteiger partial charge in [-0.2, -0.15) is 4.39 Å². The summed E-state index contributed by atoms with van der Waals surface area (Å²) in [7, 11) is 0. The van der Waals surface area contributed by atoms with Crippen molar-refractivity contribution in [3.05, 3.63) is 53.9 Å². The monoisotopic (exact) mass is 405 g/mol.